The van der Waals surface area contributed by atoms with Crippen molar-refractivity contribution in [2.75, 3.05) is 0 Å². The molecule has 2 atom stereocenters. The maximum absolute atomic E-state index is 12.9. The van der Waals surface area contributed by atoms with Gasteiger partial charge in [0.25, 0.3) is 0 Å². The van der Waals surface area contributed by atoms with E-state index in [0.29, 0.717) is 5.92 Å². The second-order valence-electron chi connectivity index (χ2n) is 4.12. The third-order valence-electron chi connectivity index (χ3n) is 3.03. The zero-order valence-electron chi connectivity index (χ0n) is 8.33. The molecule has 2 unspecified atom stereocenters. The van der Waals surface area contributed by atoms with E-state index in [2.05, 4.69) is 6.92 Å². The van der Waals surface area contributed by atoms with Gasteiger partial charge in [0.05, 0.1) is 5.60 Å². The Kier molecular flexibility index (Phi) is 2.31. The number of halogens is 1. The number of hydrogen-bond donors (Lipinski definition) is 1. The molecule has 0 heterocycles. The first-order valence-corrected chi connectivity index (χ1v) is 5.15. The lowest BCUT2D eigenvalue weighted by Crippen LogP contribution is -2.08. The highest BCUT2D eigenvalue weighted by Gasteiger charge is 2.53. The average Bonchev–Trinajstić information content (AvgIpc) is 2.79. The maximum atomic E-state index is 12.9. The summed E-state index contributed by atoms with van der Waals surface area (Å²) in [5.74, 6) is 0.0624. The van der Waals surface area contributed by atoms with E-state index >= 15 is 0 Å². The molecule has 1 fully saturated rings. The Bertz CT molecular complexity index is 337. The van der Waals surface area contributed by atoms with Crippen LogP contribution in [-0.2, 0) is 5.60 Å². The molecule has 0 radical (unpaired) electrons. The standard InChI is InChI=1S/C12H15FO/c1-2-4-10-8-12(10,14)9-5-3-6-11(13)7-9/h3,5-7,10,14H,2,4,8H2,1H3. The summed E-state index contributed by atoms with van der Waals surface area (Å²) in [6.07, 6.45) is 2.87. The summed E-state index contributed by atoms with van der Waals surface area (Å²) in [4.78, 5) is 0. The van der Waals surface area contributed by atoms with E-state index in [4.69, 9.17) is 0 Å². The molecule has 1 aromatic rings. The molecule has 0 bridgehead atoms. The van der Waals surface area contributed by atoms with Crippen molar-refractivity contribution in [2.24, 2.45) is 5.92 Å². The molecule has 2 heteroatoms. The fourth-order valence-electron chi connectivity index (χ4n) is 2.12. The summed E-state index contributed by atoms with van der Waals surface area (Å²) in [7, 11) is 0. The Balaban J connectivity index is 2.17. The highest BCUT2D eigenvalue weighted by atomic mass is 19.1. The predicted octanol–water partition coefficient (Wildman–Crippen LogP) is 2.83. The minimum absolute atomic E-state index is 0.266. The van der Waals surface area contributed by atoms with Gasteiger partial charge in [-0.25, -0.2) is 4.39 Å². The van der Waals surface area contributed by atoms with Crippen LogP contribution >= 0.6 is 0 Å². The molecular formula is C12H15FO. The highest BCUT2D eigenvalue weighted by Crippen LogP contribution is 2.54. The molecule has 0 aliphatic heterocycles. The zero-order valence-corrected chi connectivity index (χ0v) is 8.33. The largest absolute Gasteiger partial charge is 0.385 e. The lowest BCUT2D eigenvalue weighted by molar-refractivity contribution is 0.128. The first-order valence-electron chi connectivity index (χ1n) is 5.15. The van der Waals surface area contributed by atoms with Crippen molar-refractivity contribution in [1.29, 1.82) is 0 Å². The van der Waals surface area contributed by atoms with Crippen LogP contribution in [0.25, 0.3) is 0 Å². The van der Waals surface area contributed by atoms with E-state index < -0.39 is 5.60 Å². The van der Waals surface area contributed by atoms with Crippen LogP contribution in [0, 0.1) is 11.7 Å². The van der Waals surface area contributed by atoms with Gasteiger partial charge in [-0.05, 0) is 36.5 Å². The summed E-state index contributed by atoms with van der Waals surface area (Å²) in [5, 5.41) is 10.1. The topological polar surface area (TPSA) is 20.2 Å². The van der Waals surface area contributed by atoms with Crippen molar-refractivity contribution < 1.29 is 9.50 Å². The summed E-state index contributed by atoms with van der Waals surface area (Å²) in [6, 6.07) is 6.31. The molecule has 1 aliphatic carbocycles. The van der Waals surface area contributed by atoms with Gasteiger partial charge in [-0.1, -0.05) is 25.5 Å². The molecule has 0 spiro atoms. The van der Waals surface area contributed by atoms with Crippen molar-refractivity contribution in [3.8, 4) is 0 Å². The van der Waals surface area contributed by atoms with Gasteiger partial charge in [0.15, 0.2) is 0 Å². The van der Waals surface area contributed by atoms with Gasteiger partial charge in [0, 0.05) is 0 Å². The molecule has 2 rings (SSSR count). The van der Waals surface area contributed by atoms with Crippen molar-refractivity contribution in [3.63, 3.8) is 0 Å². The Labute approximate surface area is 83.6 Å². The van der Waals surface area contributed by atoms with E-state index in [1.54, 1.807) is 12.1 Å². The normalized spacial score (nSPS) is 30.4. The molecule has 0 amide bonds. The van der Waals surface area contributed by atoms with Crippen LogP contribution in [0.4, 0.5) is 4.39 Å². The van der Waals surface area contributed by atoms with Gasteiger partial charge in [-0.15, -0.1) is 0 Å². The van der Waals surface area contributed by atoms with Crippen LogP contribution in [0.15, 0.2) is 24.3 Å². The Morgan fingerprint density at radius 2 is 2.36 bits per heavy atom. The fourth-order valence-corrected chi connectivity index (χ4v) is 2.12. The summed E-state index contributed by atoms with van der Waals surface area (Å²) in [5.41, 5.74) is -0.00562. The molecule has 14 heavy (non-hydrogen) atoms. The van der Waals surface area contributed by atoms with Crippen LogP contribution in [0.2, 0.25) is 0 Å². The van der Waals surface area contributed by atoms with Gasteiger partial charge in [-0.2, -0.15) is 0 Å². The van der Waals surface area contributed by atoms with Crippen molar-refractivity contribution in [1.82, 2.24) is 0 Å². The molecule has 0 aromatic heterocycles. The number of aliphatic hydroxyl groups is 1. The monoisotopic (exact) mass is 194 g/mol. The lowest BCUT2D eigenvalue weighted by Gasteiger charge is -2.10. The summed E-state index contributed by atoms with van der Waals surface area (Å²) in [6.45, 7) is 2.10. The van der Waals surface area contributed by atoms with Crippen LogP contribution in [0.1, 0.15) is 31.7 Å². The smallest absolute Gasteiger partial charge is 0.123 e. The van der Waals surface area contributed by atoms with E-state index in [9.17, 15) is 9.50 Å². The number of hydrogen-bond acceptors (Lipinski definition) is 1. The Hall–Kier alpha value is -0.890. The molecule has 1 saturated carbocycles. The third-order valence-corrected chi connectivity index (χ3v) is 3.03. The van der Waals surface area contributed by atoms with Gasteiger partial charge < -0.3 is 5.11 Å². The number of benzene rings is 1. The Morgan fingerprint density at radius 3 is 3.00 bits per heavy atom. The van der Waals surface area contributed by atoms with Gasteiger partial charge in [0.2, 0.25) is 0 Å². The van der Waals surface area contributed by atoms with Gasteiger partial charge in [0.1, 0.15) is 5.82 Å². The first-order chi connectivity index (χ1) is 6.66. The van der Waals surface area contributed by atoms with Crippen LogP contribution in [0.5, 0.6) is 0 Å². The summed E-state index contributed by atoms with van der Waals surface area (Å²) >= 11 is 0. The second kappa shape index (κ2) is 3.35. The van der Waals surface area contributed by atoms with Gasteiger partial charge in [-0.3, -0.25) is 0 Å². The highest BCUT2D eigenvalue weighted by molar-refractivity contribution is 5.29. The molecule has 1 aliphatic rings. The van der Waals surface area contributed by atoms with Gasteiger partial charge >= 0.3 is 0 Å². The molecule has 76 valence electrons. The zero-order chi connectivity index (χ0) is 10.2. The van der Waals surface area contributed by atoms with Crippen molar-refractivity contribution in [2.45, 2.75) is 31.8 Å². The molecule has 1 nitrogen and oxygen atoms in total. The number of rotatable bonds is 3. The Morgan fingerprint density at radius 1 is 1.57 bits per heavy atom. The molecular weight excluding hydrogens is 179 g/mol. The van der Waals surface area contributed by atoms with E-state index in [1.165, 1.54) is 12.1 Å². The van der Waals surface area contributed by atoms with Crippen LogP contribution < -0.4 is 0 Å². The van der Waals surface area contributed by atoms with Crippen molar-refractivity contribution in [3.05, 3.63) is 35.6 Å². The quantitative estimate of drug-likeness (QED) is 0.784. The lowest BCUT2D eigenvalue weighted by atomic mass is 10.0. The average molecular weight is 194 g/mol. The van der Waals surface area contributed by atoms with E-state index in [-0.39, 0.29) is 5.82 Å². The summed E-state index contributed by atoms with van der Waals surface area (Å²) < 4.78 is 12.9. The van der Waals surface area contributed by atoms with E-state index in [0.717, 1.165) is 24.8 Å². The maximum Gasteiger partial charge on any atom is 0.123 e. The fraction of sp³-hybridized carbons (Fsp3) is 0.500. The predicted molar refractivity (Wildman–Crippen MR) is 53.3 cm³/mol. The molecule has 1 aromatic carbocycles. The van der Waals surface area contributed by atoms with Crippen molar-refractivity contribution >= 4 is 0 Å². The minimum Gasteiger partial charge on any atom is -0.385 e. The SMILES string of the molecule is CCCC1CC1(O)c1cccc(F)c1. The first kappa shape index (κ1) is 9.66. The second-order valence-corrected chi connectivity index (χ2v) is 4.12. The third kappa shape index (κ3) is 1.55. The van der Waals surface area contributed by atoms with Crippen LogP contribution in [0.3, 0.4) is 0 Å². The van der Waals surface area contributed by atoms with Crippen LogP contribution in [-0.4, -0.2) is 5.11 Å². The minimum atomic E-state index is -0.738. The molecule has 1 N–H and O–H groups in total. The molecule has 0 saturated heterocycles. The van der Waals surface area contributed by atoms with E-state index in [1.807, 2.05) is 0 Å².